The minimum Gasteiger partial charge on any atom is -0.481 e. The lowest BCUT2D eigenvalue weighted by atomic mass is 10.2. The largest absolute Gasteiger partial charge is 0.481 e. The van der Waals surface area contributed by atoms with E-state index in [1.165, 1.54) is 18.2 Å². The van der Waals surface area contributed by atoms with Gasteiger partial charge < -0.3 is 15.4 Å². The number of nitrogens with one attached hydrogen (secondary N) is 2. The van der Waals surface area contributed by atoms with Crippen molar-refractivity contribution in [2.45, 2.75) is 6.92 Å². The molecule has 0 saturated carbocycles. The van der Waals surface area contributed by atoms with Gasteiger partial charge >= 0.3 is 0 Å². The number of carbonyl (C=O) groups excluding carboxylic acids is 2. The highest BCUT2D eigenvalue weighted by molar-refractivity contribution is 5.97. The fourth-order valence-electron chi connectivity index (χ4n) is 1.90. The number of hydrogen-bond donors (Lipinski definition) is 2. The molecule has 0 aliphatic rings. The van der Waals surface area contributed by atoms with Crippen molar-refractivity contribution in [3.05, 3.63) is 59.9 Å². The van der Waals surface area contributed by atoms with Gasteiger partial charge in [0.1, 0.15) is 0 Å². The van der Waals surface area contributed by atoms with Gasteiger partial charge in [-0.25, -0.2) is 4.39 Å². The molecule has 6 heteroatoms. The van der Waals surface area contributed by atoms with Gasteiger partial charge in [-0.3, -0.25) is 9.59 Å². The summed E-state index contributed by atoms with van der Waals surface area (Å²) in [4.78, 5) is 23.6. The number of ether oxygens (including phenoxy) is 1. The van der Waals surface area contributed by atoms with Crippen LogP contribution in [0, 0.1) is 5.82 Å². The van der Waals surface area contributed by atoms with Gasteiger partial charge in [0.05, 0.1) is 0 Å². The monoisotopic (exact) mass is 316 g/mol. The van der Waals surface area contributed by atoms with E-state index in [0.29, 0.717) is 17.8 Å². The third-order valence-electron chi connectivity index (χ3n) is 2.94. The molecule has 2 amide bonds. The van der Waals surface area contributed by atoms with Crippen LogP contribution in [-0.4, -0.2) is 25.0 Å². The number of rotatable bonds is 6. The van der Waals surface area contributed by atoms with Gasteiger partial charge in [0.25, 0.3) is 11.8 Å². The van der Waals surface area contributed by atoms with Gasteiger partial charge in [-0.2, -0.15) is 0 Å². The van der Waals surface area contributed by atoms with E-state index in [1.807, 2.05) is 6.92 Å². The van der Waals surface area contributed by atoms with Crippen LogP contribution in [0.3, 0.4) is 0 Å². The van der Waals surface area contributed by atoms with E-state index >= 15 is 0 Å². The third-order valence-corrected chi connectivity index (χ3v) is 2.94. The molecule has 2 N–H and O–H groups in total. The minimum atomic E-state index is -0.529. The van der Waals surface area contributed by atoms with Crippen molar-refractivity contribution in [3.63, 3.8) is 0 Å². The van der Waals surface area contributed by atoms with Crippen LogP contribution in [0.15, 0.2) is 48.5 Å². The van der Waals surface area contributed by atoms with Crippen LogP contribution in [0.2, 0.25) is 0 Å². The highest BCUT2D eigenvalue weighted by atomic mass is 19.1. The Balaban J connectivity index is 1.94. The first-order valence-corrected chi connectivity index (χ1v) is 7.15. The molecule has 0 unspecified atom stereocenters. The molecule has 0 aromatic heterocycles. The summed E-state index contributed by atoms with van der Waals surface area (Å²) in [5, 5.41) is 5.28. The molecule has 0 fully saturated rings. The second-order valence-corrected chi connectivity index (χ2v) is 4.71. The highest BCUT2D eigenvalue weighted by Crippen LogP contribution is 2.15. The number of para-hydroxylation sites is 1. The van der Waals surface area contributed by atoms with Gasteiger partial charge in [-0.1, -0.05) is 18.2 Å². The molecule has 23 heavy (non-hydrogen) atoms. The molecule has 0 aliphatic carbocycles. The molecule has 2 rings (SSSR count). The lowest BCUT2D eigenvalue weighted by Crippen LogP contribution is -2.23. The minimum absolute atomic E-state index is 0.0127. The average molecular weight is 316 g/mol. The van der Waals surface area contributed by atoms with Crippen molar-refractivity contribution in [3.8, 4) is 5.75 Å². The first-order valence-electron chi connectivity index (χ1n) is 7.15. The van der Waals surface area contributed by atoms with Crippen LogP contribution < -0.4 is 15.4 Å². The summed E-state index contributed by atoms with van der Waals surface area (Å²) in [5.41, 5.74) is 0.913. The van der Waals surface area contributed by atoms with E-state index < -0.39 is 11.7 Å². The molecule has 5 nitrogen and oxygen atoms in total. The summed E-state index contributed by atoms with van der Waals surface area (Å²) in [6.45, 7) is 2.02. The number of anilines is 1. The van der Waals surface area contributed by atoms with Crippen LogP contribution in [0.1, 0.15) is 17.3 Å². The predicted molar refractivity (Wildman–Crippen MR) is 85.0 cm³/mol. The number of benzene rings is 2. The Morgan fingerprint density at radius 1 is 1.13 bits per heavy atom. The molecule has 2 aromatic rings. The van der Waals surface area contributed by atoms with Crippen LogP contribution in [0.5, 0.6) is 5.75 Å². The quantitative estimate of drug-likeness (QED) is 0.861. The smallest absolute Gasteiger partial charge is 0.262 e. The van der Waals surface area contributed by atoms with Crippen molar-refractivity contribution in [1.29, 1.82) is 0 Å². The summed E-state index contributed by atoms with van der Waals surface area (Å²) in [7, 11) is 0. The Bertz CT molecular complexity index is 704. The molecular weight excluding hydrogens is 299 g/mol. The Morgan fingerprint density at radius 3 is 2.65 bits per heavy atom. The summed E-state index contributed by atoms with van der Waals surface area (Å²) in [6.07, 6.45) is 0. The summed E-state index contributed by atoms with van der Waals surface area (Å²) < 4.78 is 18.5. The maximum absolute atomic E-state index is 13.4. The highest BCUT2D eigenvalue weighted by Gasteiger charge is 2.09. The zero-order valence-electron chi connectivity index (χ0n) is 12.6. The average Bonchev–Trinajstić information content (AvgIpc) is 2.54. The molecule has 0 bridgehead atoms. The van der Waals surface area contributed by atoms with Crippen LogP contribution >= 0.6 is 0 Å². The Hall–Kier alpha value is -2.89. The molecule has 0 radical (unpaired) electrons. The topological polar surface area (TPSA) is 67.4 Å². The zero-order chi connectivity index (χ0) is 16.7. The Morgan fingerprint density at radius 2 is 1.91 bits per heavy atom. The summed E-state index contributed by atoms with van der Waals surface area (Å²) >= 11 is 0. The van der Waals surface area contributed by atoms with E-state index in [9.17, 15) is 14.0 Å². The van der Waals surface area contributed by atoms with Crippen LogP contribution in [-0.2, 0) is 4.79 Å². The van der Waals surface area contributed by atoms with Gasteiger partial charge in [-0.05, 0) is 37.3 Å². The van der Waals surface area contributed by atoms with E-state index in [-0.39, 0.29) is 18.3 Å². The fraction of sp³-hybridized carbons (Fsp3) is 0.176. The fourth-order valence-corrected chi connectivity index (χ4v) is 1.90. The second kappa shape index (κ2) is 7.93. The number of carbonyl (C=O) groups is 2. The van der Waals surface area contributed by atoms with Crippen molar-refractivity contribution in [2.24, 2.45) is 0 Å². The molecule has 0 heterocycles. The SMILES string of the molecule is CCNC(=O)c1cccc(NC(=O)COc2ccccc2F)c1. The summed E-state index contributed by atoms with van der Waals surface area (Å²) in [6, 6.07) is 12.4. The number of amides is 2. The first kappa shape index (κ1) is 16.5. The first-order chi connectivity index (χ1) is 11.1. The summed E-state index contributed by atoms with van der Waals surface area (Å²) in [5.74, 6) is -1.18. The van der Waals surface area contributed by atoms with Crippen molar-refractivity contribution >= 4 is 17.5 Å². The second-order valence-electron chi connectivity index (χ2n) is 4.71. The molecule has 0 aliphatic heterocycles. The molecule has 120 valence electrons. The van der Waals surface area contributed by atoms with E-state index in [0.717, 1.165) is 0 Å². The van der Waals surface area contributed by atoms with Gasteiger partial charge in [0.2, 0.25) is 0 Å². The van der Waals surface area contributed by atoms with Gasteiger partial charge in [0.15, 0.2) is 18.2 Å². The third kappa shape index (κ3) is 4.81. The van der Waals surface area contributed by atoms with Crippen molar-refractivity contribution in [1.82, 2.24) is 5.32 Å². The standard InChI is InChI=1S/C17H17FN2O3/c1-2-19-17(22)12-6-5-7-13(10-12)20-16(21)11-23-15-9-4-3-8-14(15)18/h3-10H,2,11H2,1H3,(H,19,22)(H,20,21). The molecular formula is C17H17FN2O3. The maximum atomic E-state index is 13.4. The van der Waals surface area contributed by atoms with Gasteiger partial charge in [-0.15, -0.1) is 0 Å². The number of hydrogen-bond acceptors (Lipinski definition) is 3. The lowest BCUT2D eigenvalue weighted by Gasteiger charge is -2.09. The maximum Gasteiger partial charge on any atom is 0.262 e. The van der Waals surface area contributed by atoms with Crippen LogP contribution in [0.25, 0.3) is 0 Å². The predicted octanol–water partition coefficient (Wildman–Crippen LogP) is 2.59. The lowest BCUT2D eigenvalue weighted by molar-refractivity contribution is -0.118. The van der Waals surface area contributed by atoms with E-state index in [2.05, 4.69) is 10.6 Å². The number of halogens is 1. The molecule has 0 spiro atoms. The van der Waals surface area contributed by atoms with E-state index in [1.54, 1.807) is 30.3 Å². The van der Waals surface area contributed by atoms with Gasteiger partial charge in [0, 0.05) is 17.8 Å². The normalized spacial score (nSPS) is 10.0. The van der Waals surface area contributed by atoms with E-state index in [4.69, 9.17) is 4.74 Å². The Kier molecular flexibility index (Phi) is 5.68. The van der Waals surface area contributed by atoms with Crippen molar-refractivity contribution in [2.75, 3.05) is 18.5 Å². The molecule has 2 aromatic carbocycles. The molecule has 0 atom stereocenters. The van der Waals surface area contributed by atoms with Crippen molar-refractivity contribution < 1.29 is 18.7 Å². The zero-order valence-corrected chi connectivity index (χ0v) is 12.6. The Labute approximate surface area is 133 Å². The molecule has 0 saturated heterocycles. The van der Waals surface area contributed by atoms with Crippen LogP contribution in [0.4, 0.5) is 10.1 Å².